The summed E-state index contributed by atoms with van der Waals surface area (Å²) in [5.74, 6) is 2.65. The highest BCUT2D eigenvalue weighted by molar-refractivity contribution is 4.85. The van der Waals surface area contributed by atoms with Gasteiger partial charge in [-0.15, -0.1) is 0 Å². The molecular formula is C15H30N2. The van der Waals surface area contributed by atoms with Crippen molar-refractivity contribution < 1.29 is 0 Å². The third kappa shape index (κ3) is 3.69. The van der Waals surface area contributed by atoms with Crippen molar-refractivity contribution in [3.8, 4) is 0 Å². The minimum absolute atomic E-state index is 0.470. The zero-order valence-corrected chi connectivity index (χ0v) is 11.7. The lowest BCUT2D eigenvalue weighted by atomic mass is 9.77. The van der Waals surface area contributed by atoms with Crippen molar-refractivity contribution in [1.29, 1.82) is 0 Å². The molecule has 0 bridgehead atoms. The zero-order valence-electron chi connectivity index (χ0n) is 11.7. The van der Waals surface area contributed by atoms with Gasteiger partial charge in [-0.1, -0.05) is 20.3 Å². The second-order valence-corrected chi connectivity index (χ2v) is 6.49. The molecular weight excluding hydrogens is 208 g/mol. The molecule has 0 spiro atoms. The molecule has 1 aliphatic carbocycles. The summed E-state index contributed by atoms with van der Waals surface area (Å²) in [5.41, 5.74) is 6.31. The van der Waals surface area contributed by atoms with E-state index in [-0.39, 0.29) is 0 Å². The van der Waals surface area contributed by atoms with Crippen LogP contribution < -0.4 is 5.73 Å². The average molecular weight is 238 g/mol. The van der Waals surface area contributed by atoms with Crippen LogP contribution in [-0.2, 0) is 0 Å². The monoisotopic (exact) mass is 238 g/mol. The first-order chi connectivity index (χ1) is 8.19. The molecule has 17 heavy (non-hydrogen) atoms. The Bertz CT molecular complexity index is 221. The van der Waals surface area contributed by atoms with Gasteiger partial charge in [0, 0.05) is 12.6 Å². The van der Waals surface area contributed by atoms with Gasteiger partial charge < -0.3 is 10.6 Å². The van der Waals surface area contributed by atoms with E-state index >= 15 is 0 Å². The van der Waals surface area contributed by atoms with Gasteiger partial charge in [0.05, 0.1) is 0 Å². The lowest BCUT2D eigenvalue weighted by Crippen LogP contribution is -2.45. The van der Waals surface area contributed by atoms with E-state index in [2.05, 4.69) is 18.7 Å². The molecule has 100 valence electrons. The number of hydrogen-bond donors (Lipinski definition) is 1. The maximum atomic E-state index is 6.31. The van der Waals surface area contributed by atoms with Crippen LogP contribution in [0, 0.1) is 17.8 Å². The van der Waals surface area contributed by atoms with E-state index in [0.29, 0.717) is 6.04 Å². The quantitative estimate of drug-likeness (QED) is 0.819. The molecule has 3 atom stereocenters. The first-order valence-electron chi connectivity index (χ1n) is 7.67. The van der Waals surface area contributed by atoms with E-state index in [4.69, 9.17) is 5.73 Å². The van der Waals surface area contributed by atoms with Crippen LogP contribution in [0.25, 0.3) is 0 Å². The summed E-state index contributed by atoms with van der Waals surface area (Å²) in [6, 6.07) is 0.470. The molecule has 2 nitrogen and oxygen atoms in total. The second-order valence-electron chi connectivity index (χ2n) is 6.49. The van der Waals surface area contributed by atoms with E-state index < -0.39 is 0 Å². The van der Waals surface area contributed by atoms with Crippen molar-refractivity contribution in [1.82, 2.24) is 4.90 Å². The highest BCUT2D eigenvalue weighted by Gasteiger charge is 2.29. The molecule has 2 heteroatoms. The lowest BCUT2D eigenvalue weighted by molar-refractivity contribution is 0.124. The Hall–Kier alpha value is -0.0800. The molecule has 0 aromatic heterocycles. The van der Waals surface area contributed by atoms with Crippen LogP contribution in [0.5, 0.6) is 0 Å². The Morgan fingerprint density at radius 1 is 1.12 bits per heavy atom. The molecule has 2 aliphatic rings. The molecule has 2 fully saturated rings. The Balaban J connectivity index is 1.80. The number of piperidine rings is 1. The van der Waals surface area contributed by atoms with Gasteiger partial charge in [-0.05, 0) is 62.9 Å². The van der Waals surface area contributed by atoms with Gasteiger partial charge in [0.25, 0.3) is 0 Å². The highest BCUT2D eigenvalue weighted by atomic mass is 15.1. The third-order valence-corrected chi connectivity index (χ3v) is 5.10. The maximum Gasteiger partial charge on any atom is 0.00795 e. The Labute approximate surface area is 107 Å². The van der Waals surface area contributed by atoms with Gasteiger partial charge in [-0.2, -0.15) is 0 Å². The van der Waals surface area contributed by atoms with Crippen LogP contribution >= 0.6 is 0 Å². The fourth-order valence-corrected chi connectivity index (χ4v) is 3.54. The third-order valence-electron chi connectivity index (χ3n) is 5.10. The van der Waals surface area contributed by atoms with Crippen LogP contribution in [0.3, 0.4) is 0 Å². The molecule has 0 aromatic carbocycles. The maximum absolute atomic E-state index is 6.31. The molecule has 2 rings (SSSR count). The Kier molecular flexibility index (Phi) is 4.87. The fraction of sp³-hybridized carbons (Fsp3) is 1.00. The smallest absolute Gasteiger partial charge is 0.00795 e. The summed E-state index contributed by atoms with van der Waals surface area (Å²) in [5, 5.41) is 0. The van der Waals surface area contributed by atoms with Crippen molar-refractivity contribution in [2.75, 3.05) is 19.6 Å². The summed E-state index contributed by atoms with van der Waals surface area (Å²) >= 11 is 0. The van der Waals surface area contributed by atoms with E-state index in [9.17, 15) is 0 Å². The van der Waals surface area contributed by atoms with Crippen molar-refractivity contribution in [2.45, 2.75) is 58.4 Å². The minimum atomic E-state index is 0.470. The molecule has 0 aromatic rings. The molecule has 2 N–H and O–H groups in total. The first kappa shape index (κ1) is 13.4. The predicted octanol–water partition coefficient (Wildman–Crippen LogP) is 2.87. The lowest BCUT2D eigenvalue weighted by Gasteiger charge is -2.39. The summed E-state index contributed by atoms with van der Waals surface area (Å²) in [6.45, 7) is 8.60. The van der Waals surface area contributed by atoms with Crippen LogP contribution in [0.15, 0.2) is 0 Å². The summed E-state index contributed by atoms with van der Waals surface area (Å²) in [6.07, 6.45) is 8.13. The van der Waals surface area contributed by atoms with E-state index in [1.807, 2.05) is 0 Å². The minimum Gasteiger partial charge on any atom is -0.327 e. The van der Waals surface area contributed by atoms with Crippen molar-refractivity contribution >= 4 is 0 Å². The molecule has 0 amide bonds. The van der Waals surface area contributed by atoms with Crippen LogP contribution in [-0.4, -0.2) is 30.6 Å². The normalized spacial score (nSPS) is 37.2. The van der Waals surface area contributed by atoms with Gasteiger partial charge in [-0.3, -0.25) is 0 Å². The summed E-state index contributed by atoms with van der Waals surface area (Å²) in [4.78, 5) is 2.67. The zero-order chi connectivity index (χ0) is 12.3. The molecule has 1 aliphatic heterocycles. The largest absolute Gasteiger partial charge is 0.327 e. The molecule has 1 saturated heterocycles. The van der Waals surface area contributed by atoms with E-state index in [1.165, 1.54) is 58.2 Å². The second kappa shape index (κ2) is 6.19. The van der Waals surface area contributed by atoms with Gasteiger partial charge in [0.2, 0.25) is 0 Å². The predicted molar refractivity (Wildman–Crippen MR) is 73.9 cm³/mol. The molecule has 1 saturated carbocycles. The van der Waals surface area contributed by atoms with Crippen LogP contribution in [0.4, 0.5) is 0 Å². The topological polar surface area (TPSA) is 29.3 Å². The van der Waals surface area contributed by atoms with Gasteiger partial charge in [-0.25, -0.2) is 0 Å². The first-order valence-corrected chi connectivity index (χ1v) is 7.67. The Morgan fingerprint density at radius 2 is 1.82 bits per heavy atom. The van der Waals surface area contributed by atoms with Crippen molar-refractivity contribution in [3.05, 3.63) is 0 Å². The molecule has 3 unspecified atom stereocenters. The number of hydrogen-bond acceptors (Lipinski definition) is 2. The van der Waals surface area contributed by atoms with Crippen LogP contribution in [0.1, 0.15) is 52.4 Å². The Morgan fingerprint density at radius 3 is 2.47 bits per heavy atom. The van der Waals surface area contributed by atoms with Crippen molar-refractivity contribution in [2.24, 2.45) is 23.5 Å². The number of likely N-dealkylation sites (tertiary alicyclic amines) is 1. The van der Waals surface area contributed by atoms with Gasteiger partial charge >= 0.3 is 0 Å². The van der Waals surface area contributed by atoms with Gasteiger partial charge in [0.1, 0.15) is 0 Å². The van der Waals surface area contributed by atoms with Crippen LogP contribution in [0.2, 0.25) is 0 Å². The average Bonchev–Trinajstić information content (AvgIpc) is 2.35. The fourth-order valence-electron chi connectivity index (χ4n) is 3.54. The molecule has 0 radical (unpaired) electrons. The van der Waals surface area contributed by atoms with Gasteiger partial charge in [0.15, 0.2) is 0 Å². The van der Waals surface area contributed by atoms with Crippen molar-refractivity contribution in [3.63, 3.8) is 0 Å². The molecule has 1 heterocycles. The number of rotatable bonds is 3. The number of nitrogens with zero attached hydrogens (tertiary/aromatic N) is 1. The number of nitrogens with two attached hydrogens (primary N) is 1. The van der Waals surface area contributed by atoms with E-state index in [0.717, 1.165) is 17.8 Å². The van der Waals surface area contributed by atoms with E-state index in [1.54, 1.807) is 0 Å². The standard InChI is InChI=1S/C15H30N2/c1-3-13-4-5-15(16)14(10-13)11-17-8-6-12(2)7-9-17/h12-15H,3-11,16H2,1-2H3. The summed E-state index contributed by atoms with van der Waals surface area (Å²) < 4.78 is 0. The SMILES string of the molecule is CCC1CCC(N)C(CN2CCC(C)CC2)C1. The summed E-state index contributed by atoms with van der Waals surface area (Å²) in [7, 11) is 0. The highest BCUT2D eigenvalue weighted by Crippen LogP contribution is 2.31.